The third-order valence-corrected chi connectivity index (χ3v) is 2.42. The average Bonchev–Trinajstić information content (AvgIpc) is 2.11. The van der Waals surface area contributed by atoms with Crippen molar-refractivity contribution in [3.8, 4) is 0 Å². The monoisotopic (exact) mass is 165 g/mol. The molecule has 0 saturated carbocycles. The quantitative estimate of drug-likeness (QED) is 0.576. The summed E-state index contributed by atoms with van der Waals surface area (Å²) >= 11 is 0. The summed E-state index contributed by atoms with van der Waals surface area (Å²) in [6.45, 7) is 0. The first-order chi connectivity index (χ1) is 4.34. The van der Waals surface area contributed by atoms with Crippen LogP contribution in [0.3, 0.4) is 0 Å². The van der Waals surface area contributed by atoms with E-state index in [9.17, 15) is 4.39 Å². The Balaban J connectivity index is 0.000000500. The Bertz CT molecular complexity index is 108. The molecule has 2 bridgehead atoms. The lowest BCUT2D eigenvalue weighted by Crippen LogP contribution is -2.38. The van der Waals surface area contributed by atoms with Gasteiger partial charge in [0.05, 0.1) is 0 Å². The lowest BCUT2D eigenvalue weighted by Gasteiger charge is -2.23. The third-order valence-electron chi connectivity index (χ3n) is 2.42. The molecule has 2 heterocycles. The predicted octanol–water partition coefficient (Wildman–Crippen LogP) is 1.66. The molecule has 1 unspecified atom stereocenters. The number of rotatable bonds is 0. The van der Waals surface area contributed by atoms with E-state index in [4.69, 9.17) is 0 Å². The van der Waals surface area contributed by atoms with E-state index in [0.717, 1.165) is 12.8 Å². The minimum Gasteiger partial charge on any atom is -0.311 e. The van der Waals surface area contributed by atoms with Crippen molar-refractivity contribution < 1.29 is 4.39 Å². The summed E-state index contributed by atoms with van der Waals surface area (Å²) in [6.07, 6.45) is 3.41. The Morgan fingerprint density at radius 1 is 1.10 bits per heavy atom. The number of alkyl halides is 1. The van der Waals surface area contributed by atoms with Crippen molar-refractivity contribution in [3.63, 3.8) is 0 Å². The molecule has 1 nitrogen and oxygen atoms in total. The van der Waals surface area contributed by atoms with Crippen LogP contribution in [-0.2, 0) is 0 Å². The molecule has 0 aliphatic carbocycles. The number of hydrogen-bond acceptors (Lipinski definition) is 1. The molecular weight excluding hydrogens is 153 g/mol. The van der Waals surface area contributed by atoms with Crippen LogP contribution < -0.4 is 5.32 Å². The summed E-state index contributed by atoms with van der Waals surface area (Å²) in [6, 6.07) is 1.03. The lowest BCUT2D eigenvalue weighted by atomic mass is 10.0. The highest BCUT2D eigenvalue weighted by Gasteiger charge is 2.32. The zero-order valence-electron chi connectivity index (χ0n) is 5.85. The number of fused-ring (bicyclic) bond motifs is 2. The van der Waals surface area contributed by atoms with Crippen molar-refractivity contribution in [2.45, 2.75) is 43.9 Å². The molecule has 3 atom stereocenters. The Labute approximate surface area is 66.8 Å². The highest BCUT2D eigenvalue weighted by atomic mass is 35.5. The Hall–Kier alpha value is 0.180. The van der Waals surface area contributed by atoms with Crippen LogP contribution in [0.4, 0.5) is 4.39 Å². The molecule has 0 aromatic rings. The second-order valence-electron chi connectivity index (χ2n) is 3.21. The average molecular weight is 166 g/mol. The first-order valence-electron chi connectivity index (χ1n) is 3.75. The molecule has 2 saturated heterocycles. The summed E-state index contributed by atoms with van der Waals surface area (Å²) in [4.78, 5) is 0. The van der Waals surface area contributed by atoms with Crippen LogP contribution in [0.15, 0.2) is 0 Å². The van der Waals surface area contributed by atoms with Gasteiger partial charge in [-0.2, -0.15) is 0 Å². The molecule has 3 heteroatoms. The van der Waals surface area contributed by atoms with Gasteiger partial charge in [-0.05, 0) is 25.7 Å². The number of halogens is 2. The standard InChI is InChI=1S/C7H12FN.ClH/c8-5-3-6-1-2-7(4-5)9-6;/h5-7,9H,1-4H2;1H/t5?,6-,7+;. The summed E-state index contributed by atoms with van der Waals surface area (Å²) in [5.41, 5.74) is 0. The molecule has 10 heavy (non-hydrogen) atoms. The van der Waals surface area contributed by atoms with Crippen LogP contribution in [0.5, 0.6) is 0 Å². The summed E-state index contributed by atoms with van der Waals surface area (Å²) in [5.74, 6) is 0. The van der Waals surface area contributed by atoms with Crippen molar-refractivity contribution in [2.75, 3.05) is 0 Å². The minimum absolute atomic E-state index is 0. The van der Waals surface area contributed by atoms with Crippen molar-refractivity contribution in [2.24, 2.45) is 0 Å². The SMILES string of the molecule is Cl.FC1C[C@H]2CC[C@@H](C1)N2. The Morgan fingerprint density at radius 2 is 1.60 bits per heavy atom. The molecule has 2 rings (SSSR count). The first-order valence-corrected chi connectivity index (χ1v) is 3.75. The van der Waals surface area contributed by atoms with E-state index in [1.54, 1.807) is 0 Å². The molecule has 2 aliphatic heterocycles. The maximum Gasteiger partial charge on any atom is 0.103 e. The number of hydrogen-bond donors (Lipinski definition) is 1. The van der Waals surface area contributed by atoms with Crippen LogP contribution >= 0.6 is 12.4 Å². The smallest absolute Gasteiger partial charge is 0.103 e. The predicted molar refractivity (Wildman–Crippen MR) is 41.3 cm³/mol. The lowest BCUT2D eigenvalue weighted by molar-refractivity contribution is 0.220. The van der Waals surface area contributed by atoms with Gasteiger partial charge in [0.2, 0.25) is 0 Å². The fraction of sp³-hybridized carbons (Fsp3) is 1.00. The largest absolute Gasteiger partial charge is 0.311 e. The fourth-order valence-corrected chi connectivity index (χ4v) is 1.99. The second kappa shape index (κ2) is 3.05. The van der Waals surface area contributed by atoms with E-state index in [2.05, 4.69) is 5.32 Å². The molecule has 0 radical (unpaired) electrons. The van der Waals surface area contributed by atoms with Gasteiger partial charge in [0.15, 0.2) is 0 Å². The summed E-state index contributed by atoms with van der Waals surface area (Å²) in [7, 11) is 0. The van der Waals surface area contributed by atoms with Gasteiger partial charge in [-0.15, -0.1) is 12.4 Å². The van der Waals surface area contributed by atoms with Crippen molar-refractivity contribution >= 4 is 12.4 Å². The fourth-order valence-electron chi connectivity index (χ4n) is 1.99. The van der Waals surface area contributed by atoms with Gasteiger partial charge in [0, 0.05) is 12.1 Å². The van der Waals surface area contributed by atoms with Gasteiger partial charge in [0.1, 0.15) is 6.17 Å². The van der Waals surface area contributed by atoms with Crippen LogP contribution in [0.25, 0.3) is 0 Å². The van der Waals surface area contributed by atoms with Crippen molar-refractivity contribution in [1.29, 1.82) is 0 Å². The maximum absolute atomic E-state index is 12.7. The van der Waals surface area contributed by atoms with E-state index in [1.165, 1.54) is 12.8 Å². The Morgan fingerprint density at radius 3 is 2.10 bits per heavy atom. The van der Waals surface area contributed by atoms with Crippen LogP contribution in [-0.4, -0.2) is 18.3 Å². The maximum atomic E-state index is 12.7. The topological polar surface area (TPSA) is 12.0 Å². The third kappa shape index (κ3) is 1.43. The molecule has 2 aliphatic rings. The highest BCUT2D eigenvalue weighted by Crippen LogP contribution is 2.28. The highest BCUT2D eigenvalue weighted by molar-refractivity contribution is 5.85. The zero-order chi connectivity index (χ0) is 6.27. The van der Waals surface area contributed by atoms with Crippen LogP contribution in [0, 0.1) is 0 Å². The molecule has 60 valence electrons. The van der Waals surface area contributed by atoms with E-state index < -0.39 is 6.17 Å². The number of piperidine rings is 1. The minimum atomic E-state index is -0.510. The molecule has 0 aromatic heterocycles. The van der Waals surface area contributed by atoms with Crippen molar-refractivity contribution in [3.05, 3.63) is 0 Å². The number of nitrogens with one attached hydrogen (secondary N) is 1. The van der Waals surface area contributed by atoms with Gasteiger partial charge >= 0.3 is 0 Å². The summed E-state index contributed by atoms with van der Waals surface area (Å²) < 4.78 is 12.7. The second-order valence-corrected chi connectivity index (χ2v) is 3.21. The Kier molecular flexibility index (Phi) is 2.53. The van der Waals surface area contributed by atoms with E-state index >= 15 is 0 Å². The van der Waals surface area contributed by atoms with Gasteiger partial charge in [-0.1, -0.05) is 0 Å². The molecule has 0 amide bonds. The first kappa shape index (κ1) is 8.28. The van der Waals surface area contributed by atoms with E-state index in [-0.39, 0.29) is 12.4 Å². The molecule has 1 N–H and O–H groups in total. The van der Waals surface area contributed by atoms with Crippen LogP contribution in [0.2, 0.25) is 0 Å². The molecule has 0 spiro atoms. The molecular formula is C7H13ClFN. The van der Waals surface area contributed by atoms with Crippen LogP contribution in [0.1, 0.15) is 25.7 Å². The van der Waals surface area contributed by atoms with Gasteiger partial charge in [-0.3, -0.25) is 0 Å². The van der Waals surface area contributed by atoms with E-state index in [0.29, 0.717) is 12.1 Å². The van der Waals surface area contributed by atoms with Gasteiger partial charge in [0.25, 0.3) is 0 Å². The molecule has 2 fully saturated rings. The van der Waals surface area contributed by atoms with Crippen molar-refractivity contribution in [1.82, 2.24) is 5.32 Å². The van der Waals surface area contributed by atoms with Gasteiger partial charge < -0.3 is 5.32 Å². The normalized spacial score (nSPS) is 44.7. The van der Waals surface area contributed by atoms with Gasteiger partial charge in [-0.25, -0.2) is 4.39 Å². The van der Waals surface area contributed by atoms with E-state index in [1.807, 2.05) is 0 Å². The molecule has 0 aromatic carbocycles. The summed E-state index contributed by atoms with van der Waals surface area (Å²) in [5, 5.41) is 3.38. The zero-order valence-corrected chi connectivity index (χ0v) is 6.66.